The summed E-state index contributed by atoms with van der Waals surface area (Å²) < 4.78 is 31.5. The van der Waals surface area contributed by atoms with Gasteiger partial charge in [0.15, 0.2) is 0 Å². The number of β-lactam (4-membered cyclic amide) rings is 1. The van der Waals surface area contributed by atoms with E-state index in [4.69, 9.17) is 4.55 Å². The smallest absolute Gasteiger partial charge is 1.00 e. The van der Waals surface area contributed by atoms with Gasteiger partial charge in [0, 0.05) is 12.6 Å². The predicted molar refractivity (Wildman–Crippen MR) is 71.0 cm³/mol. The van der Waals surface area contributed by atoms with Crippen LogP contribution in [0, 0.1) is 0 Å². The van der Waals surface area contributed by atoms with Crippen LogP contribution in [0.1, 0.15) is 13.5 Å². The maximum Gasteiger partial charge on any atom is 1.00 e. The zero-order valence-corrected chi connectivity index (χ0v) is 14.5. The van der Waals surface area contributed by atoms with Crippen molar-refractivity contribution in [1.82, 2.24) is 19.2 Å². The van der Waals surface area contributed by atoms with E-state index in [1.807, 2.05) is 0 Å². The van der Waals surface area contributed by atoms with Gasteiger partial charge in [-0.15, -0.1) is 0 Å². The van der Waals surface area contributed by atoms with Crippen molar-refractivity contribution in [3.05, 3.63) is 24.3 Å². The van der Waals surface area contributed by atoms with E-state index in [0.717, 1.165) is 0 Å². The van der Waals surface area contributed by atoms with E-state index in [2.05, 4.69) is 9.97 Å². The first-order valence-electron chi connectivity index (χ1n) is 6.17. The summed E-state index contributed by atoms with van der Waals surface area (Å²) in [4.78, 5) is 31.7. The third kappa shape index (κ3) is 2.84. The molecular formula is C11H13N4NaO5S. The number of H-pyrrole nitrogens is 1. The molecule has 2 atom stereocenters. The van der Waals surface area contributed by atoms with Crippen molar-refractivity contribution in [3.63, 3.8) is 0 Å². The molecule has 2 fully saturated rings. The van der Waals surface area contributed by atoms with Crippen LogP contribution in [0.15, 0.2) is 18.6 Å². The Kier molecular flexibility index (Phi) is 4.78. The molecule has 2 aliphatic heterocycles. The Morgan fingerprint density at radius 1 is 1.55 bits per heavy atom. The number of nitrogens with one attached hydrogen (secondary N) is 1. The molecule has 1 aromatic heterocycles. The van der Waals surface area contributed by atoms with E-state index in [9.17, 15) is 18.0 Å². The first kappa shape index (κ1) is 17.2. The first-order valence-corrected chi connectivity index (χ1v) is 7.57. The summed E-state index contributed by atoms with van der Waals surface area (Å²) in [6.07, 6.45) is 6.13. The van der Waals surface area contributed by atoms with E-state index in [-0.39, 0.29) is 43.4 Å². The molecule has 0 unspecified atom stereocenters. The molecule has 0 aliphatic carbocycles. The number of imidazole rings is 1. The van der Waals surface area contributed by atoms with Crippen molar-refractivity contribution in [2.24, 2.45) is 0 Å². The van der Waals surface area contributed by atoms with Gasteiger partial charge in [0.25, 0.3) is 5.91 Å². The van der Waals surface area contributed by atoms with Gasteiger partial charge < -0.3 is 11.3 Å². The molecule has 3 rings (SSSR count). The van der Waals surface area contributed by atoms with Crippen LogP contribution in [0.2, 0.25) is 0 Å². The third-order valence-electron chi connectivity index (χ3n) is 3.59. The molecule has 0 saturated carbocycles. The molecule has 9 nitrogen and oxygen atoms in total. The second-order valence-corrected chi connectivity index (χ2v) is 6.07. The van der Waals surface area contributed by atoms with Crippen LogP contribution in [-0.2, 0) is 19.9 Å². The van der Waals surface area contributed by atoms with Crippen LogP contribution in [0.25, 0.3) is 6.08 Å². The number of hydrogen-bond acceptors (Lipinski definition) is 5. The van der Waals surface area contributed by atoms with E-state index in [1.54, 1.807) is 0 Å². The van der Waals surface area contributed by atoms with Crippen LogP contribution in [0.3, 0.4) is 0 Å². The molecule has 0 spiro atoms. The summed E-state index contributed by atoms with van der Waals surface area (Å²) in [7, 11) is -4.55. The van der Waals surface area contributed by atoms with Gasteiger partial charge in [-0.1, -0.05) is 0 Å². The van der Waals surface area contributed by atoms with Gasteiger partial charge in [-0.3, -0.25) is 14.1 Å². The van der Waals surface area contributed by atoms with Gasteiger partial charge >= 0.3 is 39.9 Å². The Morgan fingerprint density at radius 3 is 2.86 bits per heavy atom. The molecular weight excluding hydrogens is 323 g/mol. The second-order valence-electron chi connectivity index (χ2n) is 4.78. The number of amides is 2. The van der Waals surface area contributed by atoms with E-state index >= 15 is 0 Å². The summed E-state index contributed by atoms with van der Waals surface area (Å²) in [6.45, 7) is 0.263. The summed E-state index contributed by atoms with van der Waals surface area (Å²) in [5.41, 5.74) is 0.638. The van der Waals surface area contributed by atoms with Crippen LogP contribution in [-0.4, -0.2) is 62.6 Å². The number of carbonyl (C=O) groups is 2. The average molecular weight is 336 g/mol. The van der Waals surface area contributed by atoms with Crippen molar-refractivity contribution in [2.45, 2.75) is 18.5 Å². The molecule has 0 aromatic carbocycles. The number of aromatic nitrogens is 2. The topological polar surface area (TPSA) is 124 Å². The summed E-state index contributed by atoms with van der Waals surface area (Å²) in [5.74, 6) is -1.16. The van der Waals surface area contributed by atoms with Gasteiger partial charge in [-0.05, 0) is 12.5 Å². The largest absolute Gasteiger partial charge is 1.00 e. The van der Waals surface area contributed by atoms with Crippen LogP contribution in [0.5, 0.6) is 0 Å². The fraction of sp³-hybridized carbons (Fsp3) is 0.364. The van der Waals surface area contributed by atoms with Gasteiger partial charge in [-0.25, -0.2) is 9.29 Å². The van der Waals surface area contributed by atoms with Crippen LogP contribution >= 0.6 is 0 Å². The Balaban J connectivity index is 0.00000132. The summed E-state index contributed by atoms with van der Waals surface area (Å²) in [5, 5.41) is 0. The molecule has 22 heavy (non-hydrogen) atoms. The van der Waals surface area contributed by atoms with Crippen molar-refractivity contribution >= 4 is 28.2 Å². The predicted octanol–water partition coefficient (Wildman–Crippen LogP) is -3.85. The Labute approximate surface area is 150 Å². The molecule has 3 heterocycles. The first-order chi connectivity index (χ1) is 9.89. The number of aromatic amines is 1. The summed E-state index contributed by atoms with van der Waals surface area (Å²) >= 11 is 0. The summed E-state index contributed by atoms with van der Waals surface area (Å²) in [6, 6.07) is -1.48. The normalized spacial score (nSPS) is 24.1. The maximum atomic E-state index is 12.1. The van der Waals surface area contributed by atoms with Gasteiger partial charge in [0.2, 0.25) is 5.91 Å². The van der Waals surface area contributed by atoms with E-state index in [0.29, 0.717) is 16.4 Å². The number of rotatable bonds is 3. The van der Waals surface area contributed by atoms with Gasteiger partial charge in [0.05, 0.1) is 24.3 Å². The third-order valence-corrected chi connectivity index (χ3v) is 4.54. The molecule has 2 aliphatic rings. The molecule has 0 radical (unpaired) electrons. The molecule has 2 N–H and O–H groups in total. The number of likely N-dealkylation sites (tertiary alicyclic amines) is 1. The van der Waals surface area contributed by atoms with E-state index < -0.39 is 28.3 Å². The SMILES string of the molecule is O=C(/C=C/c1cnc[nH]1)N1CC[C@@H]2[C@H]1C(=O)N2S(=O)(=O)O.[H-].[Na+]. The van der Waals surface area contributed by atoms with Gasteiger partial charge in [-0.2, -0.15) is 8.42 Å². The fourth-order valence-electron chi connectivity index (χ4n) is 2.68. The number of hydrogen-bond donors (Lipinski definition) is 2. The molecule has 1 aromatic rings. The zero-order chi connectivity index (χ0) is 15.2. The maximum absolute atomic E-state index is 12.1. The minimum atomic E-state index is -4.55. The molecule has 2 saturated heterocycles. The Hall–Kier alpha value is -1.20. The van der Waals surface area contributed by atoms with Crippen molar-refractivity contribution in [1.29, 1.82) is 0 Å². The molecule has 114 valence electrons. The second kappa shape index (κ2) is 6.13. The molecule has 0 bridgehead atoms. The number of nitrogens with zero attached hydrogens (tertiary/aromatic N) is 3. The quantitative estimate of drug-likeness (QED) is 0.252. The zero-order valence-electron chi connectivity index (χ0n) is 12.7. The number of carbonyl (C=O) groups excluding carboxylic acids is 2. The standard InChI is InChI=1S/C11H12N4O5S.Na.H/c16-9(2-1-7-5-12-6-13-7)14-4-3-8-10(14)11(17)15(8)21(18,19)20;;/h1-2,5-6,8,10H,3-4H2,(H,12,13)(H,18,19,20);;/q;+1;-1/b2-1+;;/t8-,10+;;/m1../s1. The van der Waals surface area contributed by atoms with Crippen LogP contribution < -0.4 is 29.6 Å². The Bertz CT molecular complexity index is 723. The van der Waals surface area contributed by atoms with Crippen molar-refractivity contribution in [3.8, 4) is 0 Å². The van der Waals surface area contributed by atoms with Crippen molar-refractivity contribution < 1.29 is 53.5 Å². The fourth-order valence-corrected chi connectivity index (χ4v) is 3.58. The monoisotopic (exact) mass is 336 g/mol. The molecule has 2 amide bonds. The van der Waals surface area contributed by atoms with Crippen LogP contribution in [0.4, 0.5) is 0 Å². The molecule has 11 heteroatoms. The minimum Gasteiger partial charge on any atom is -1.00 e. The van der Waals surface area contributed by atoms with Crippen molar-refractivity contribution in [2.75, 3.05) is 6.54 Å². The van der Waals surface area contributed by atoms with Gasteiger partial charge in [0.1, 0.15) is 6.04 Å². The van der Waals surface area contributed by atoms with E-state index in [1.165, 1.54) is 29.6 Å². The average Bonchev–Trinajstić information content (AvgIpc) is 3.00. The Morgan fingerprint density at radius 2 is 2.27 bits per heavy atom. The number of fused-ring (bicyclic) bond motifs is 1. The minimum absolute atomic E-state index is 0.